The van der Waals surface area contributed by atoms with Crippen molar-refractivity contribution in [2.24, 2.45) is 0 Å². The maximum absolute atomic E-state index is 12.2. The van der Waals surface area contributed by atoms with E-state index in [1.165, 1.54) is 11.8 Å². The van der Waals surface area contributed by atoms with Gasteiger partial charge in [-0.15, -0.1) is 10.2 Å². The van der Waals surface area contributed by atoms with E-state index < -0.39 is 0 Å². The number of benzene rings is 2. The Hall–Kier alpha value is -2.80. The number of carbonyl (C=O) groups is 1. The molecule has 0 fully saturated rings. The van der Waals surface area contributed by atoms with Crippen LogP contribution < -0.4 is 10.1 Å². The summed E-state index contributed by atoms with van der Waals surface area (Å²) in [7, 11) is 0. The molecule has 1 aromatic heterocycles. The van der Waals surface area contributed by atoms with E-state index in [9.17, 15) is 4.79 Å². The van der Waals surface area contributed by atoms with Crippen molar-refractivity contribution in [3.05, 3.63) is 53.6 Å². The molecule has 27 heavy (non-hydrogen) atoms. The molecule has 0 unspecified atom stereocenters. The Balaban J connectivity index is 1.63. The molecule has 3 rings (SSSR count). The molecule has 0 spiro atoms. The van der Waals surface area contributed by atoms with E-state index in [1.807, 2.05) is 63.2 Å². The highest BCUT2D eigenvalue weighted by Crippen LogP contribution is 2.30. The maximum Gasteiger partial charge on any atom is 0.277 e. The number of thioether (sulfide) groups is 1. The summed E-state index contributed by atoms with van der Waals surface area (Å²) in [5.41, 5.74) is 3.67. The van der Waals surface area contributed by atoms with Gasteiger partial charge in [0, 0.05) is 5.69 Å². The van der Waals surface area contributed by atoms with Gasteiger partial charge in [0.15, 0.2) is 0 Å². The maximum atomic E-state index is 12.2. The topological polar surface area (TPSA) is 77.2 Å². The Bertz CT molecular complexity index is 940. The van der Waals surface area contributed by atoms with Crippen LogP contribution in [0.2, 0.25) is 0 Å². The first-order valence-corrected chi connectivity index (χ1v) is 9.61. The Kier molecular flexibility index (Phi) is 6.13. The van der Waals surface area contributed by atoms with Gasteiger partial charge < -0.3 is 14.5 Å². The number of carbonyl (C=O) groups excluding carboxylic acids is 1. The van der Waals surface area contributed by atoms with Crippen molar-refractivity contribution in [1.29, 1.82) is 0 Å². The summed E-state index contributed by atoms with van der Waals surface area (Å²) in [6.07, 6.45) is 0. The third-order valence-corrected chi connectivity index (χ3v) is 4.64. The number of hydrogen-bond donors (Lipinski definition) is 1. The molecule has 1 amide bonds. The number of para-hydroxylation sites is 1. The zero-order chi connectivity index (χ0) is 19.2. The molecule has 2 aromatic carbocycles. The van der Waals surface area contributed by atoms with E-state index in [0.29, 0.717) is 23.5 Å². The zero-order valence-corrected chi connectivity index (χ0v) is 16.3. The quantitative estimate of drug-likeness (QED) is 0.606. The van der Waals surface area contributed by atoms with Crippen LogP contribution in [0.25, 0.3) is 11.5 Å². The molecule has 7 heteroatoms. The average Bonchev–Trinajstić information content (AvgIpc) is 3.13. The second-order valence-electron chi connectivity index (χ2n) is 5.96. The second kappa shape index (κ2) is 8.73. The first-order chi connectivity index (χ1) is 13.1. The molecule has 3 aromatic rings. The molecule has 0 aliphatic heterocycles. The number of rotatable bonds is 7. The summed E-state index contributed by atoms with van der Waals surface area (Å²) in [4.78, 5) is 12.2. The molecule has 1 N–H and O–H groups in total. The van der Waals surface area contributed by atoms with Gasteiger partial charge in [-0.05, 0) is 50.1 Å². The molecule has 0 bridgehead atoms. The van der Waals surface area contributed by atoms with Crippen molar-refractivity contribution >= 4 is 23.4 Å². The summed E-state index contributed by atoms with van der Waals surface area (Å²) in [6.45, 7) is 6.41. The van der Waals surface area contributed by atoms with Gasteiger partial charge in [0.1, 0.15) is 5.75 Å². The van der Waals surface area contributed by atoms with Gasteiger partial charge in [-0.25, -0.2) is 0 Å². The van der Waals surface area contributed by atoms with Crippen LogP contribution in [0.1, 0.15) is 18.1 Å². The fourth-order valence-corrected chi connectivity index (χ4v) is 3.05. The van der Waals surface area contributed by atoms with Crippen molar-refractivity contribution < 1.29 is 13.9 Å². The fourth-order valence-electron chi connectivity index (χ4n) is 2.49. The Morgan fingerprint density at radius 1 is 1.19 bits per heavy atom. The average molecular weight is 383 g/mol. The molecule has 1 heterocycles. The summed E-state index contributed by atoms with van der Waals surface area (Å²) < 4.78 is 11.3. The Labute approximate surface area is 162 Å². The molecule has 0 aliphatic rings. The number of amides is 1. The van der Waals surface area contributed by atoms with Crippen molar-refractivity contribution in [3.63, 3.8) is 0 Å². The lowest BCUT2D eigenvalue weighted by atomic mass is 10.1. The van der Waals surface area contributed by atoms with Gasteiger partial charge in [-0.2, -0.15) is 0 Å². The van der Waals surface area contributed by atoms with Crippen molar-refractivity contribution in [2.75, 3.05) is 17.7 Å². The van der Waals surface area contributed by atoms with E-state index >= 15 is 0 Å². The molecule has 0 aliphatic carbocycles. The first kappa shape index (κ1) is 19.0. The molecule has 0 radical (unpaired) electrons. The molecule has 0 saturated heterocycles. The zero-order valence-electron chi connectivity index (χ0n) is 15.5. The summed E-state index contributed by atoms with van der Waals surface area (Å²) in [6, 6.07) is 13.4. The normalized spacial score (nSPS) is 10.6. The standard InChI is InChI=1S/C20H21N3O3S/c1-4-25-17-8-6-5-7-15(17)19-22-23-20(26-19)27-12-18(24)21-16-11-13(2)9-10-14(16)3/h5-11H,4,12H2,1-3H3,(H,21,24). The van der Waals surface area contributed by atoms with Gasteiger partial charge in [-0.1, -0.05) is 36.0 Å². The number of aromatic nitrogens is 2. The lowest BCUT2D eigenvalue weighted by molar-refractivity contribution is -0.113. The van der Waals surface area contributed by atoms with Crippen LogP contribution >= 0.6 is 11.8 Å². The van der Waals surface area contributed by atoms with Crippen LogP contribution in [0.3, 0.4) is 0 Å². The number of aryl methyl sites for hydroxylation is 2. The summed E-state index contributed by atoms with van der Waals surface area (Å²) in [5.74, 6) is 1.12. The van der Waals surface area contributed by atoms with Crippen LogP contribution in [0, 0.1) is 13.8 Å². The third kappa shape index (κ3) is 4.89. The summed E-state index contributed by atoms with van der Waals surface area (Å²) >= 11 is 1.20. The van der Waals surface area contributed by atoms with Gasteiger partial charge in [-0.3, -0.25) is 4.79 Å². The van der Waals surface area contributed by atoms with Crippen LogP contribution in [-0.4, -0.2) is 28.5 Å². The largest absolute Gasteiger partial charge is 0.493 e. The minimum absolute atomic E-state index is 0.122. The Morgan fingerprint density at radius 2 is 2.00 bits per heavy atom. The Morgan fingerprint density at radius 3 is 2.81 bits per heavy atom. The van der Waals surface area contributed by atoms with Gasteiger partial charge in [0.2, 0.25) is 5.91 Å². The lowest BCUT2D eigenvalue weighted by Crippen LogP contribution is -2.14. The molecule has 0 saturated carbocycles. The number of nitrogens with zero attached hydrogens (tertiary/aromatic N) is 2. The molecular weight excluding hydrogens is 362 g/mol. The monoisotopic (exact) mass is 383 g/mol. The number of hydrogen-bond acceptors (Lipinski definition) is 6. The van der Waals surface area contributed by atoms with Gasteiger partial charge in [0.25, 0.3) is 11.1 Å². The number of ether oxygens (including phenoxy) is 1. The summed E-state index contributed by atoms with van der Waals surface area (Å²) in [5, 5.41) is 11.3. The van der Waals surface area contributed by atoms with Crippen LogP contribution in [0.15, 0.2) is 52.1 Å². The highest BCUT2D eigenvalue weighted by Gasteiger charge is 2.15. The first-order valence-electron chi connectivity index (χ1n) is 8.62. The molecule has 140 valence electrons. The van der Waals surface area contributed by atoms with Crippen molar-refractivity contribution in [2.45, 2.75) is 26.0 Å². The van der Waals surface area contributed by atoms with Gasteiger partial charge in [0.05, 0.1) is 17.9 Å². The lowest BCUT2D eigenvalue weighted by Gasteiger charge is -2.08. The molecule has 6 nitrogen and oxygen atoms in total. The molecule has 0 atom stereocenters. The predicted molar refractivity (Wildman–Crippen MR) is 106 cm³/mol. The minimum atomic E-state index is -0.122. The predicted octanol–water partition coefficient (Wildman–Crippen LogP) is 4.48. The smallest absolute Gasteiger partial charge is 0.277 e. The van der Waals surface area contributed by atoms with E-state index in [4.69, 9.17) is 9.15 Å². The van der Waals surface area contributed by atoms with Crippen molar-refractivity contribution in [3.8, 4) is 17.2 Å². The number of nitrogens with one attached hydrogen (secondary N) is 1. The minimum Gasteiger partial charge on any atom is -0.493 e. The van der Waals surface area contributed by atoms with E-state index in [1.54, 1.807) is 0 Å². The van der Waals surface area contributed by atoms with Crippen molar-refractivity contribution in [1.82, 2.24) is 10.2 Å². The second-order valence-corrected chi connectivity index (χ2v) is 6.88. The number of anilines is 1. The molecular formula is C20H21N3O3S. The van der Waals surface area contributed by atoms with Crippen LogP contribution in [-0.2, 0) is 4.79 Å². The van der Waals surface area contributed by atoms with E-state index in [2.05, 4.69) is 15.5 Å². The highest BCUT2D eigenvalue weighted by atomic mass is 32.2. The highest BCUT2D eigenvalue weighted by molar-refractivity contribution is 7.99. The van der Waals surface area contributed by atoms with Crippen LogP contribution in [0.5, 0.6) is 5.75 Å². The fraction of sp³-hybridized carbons (Fsp3) is 0.250. The SMILES string of the molecule is CCOc1ccccc1-c1nnc(SCC(=O)Nc2cc(C)ccc2C)o1. The van der Waals surface area contributed by atoms with Crippen LogP contribution in [0.4, 0.5) is 5.69 Å². The van der Waals surface area contributed by atoms with E-state index in [0.717, 1.165) is 22.4 Å². The van der Waals surface area contributed by atoms with E-state index in [-0.39, 0.29) is 11.7 Å². The third-order valence-electron chi connectivity index (χ3n) is 3.82. The van der Waals surface area contributed by atoms with Gasteiger partial charge >= 0.3 is 0 Å².